The van der Waals surface area contributed by atoms with Crippen molar-refractivity contribution in [3.63, 3.8) is 0 Å². The summed E-state index contributed by atoms with van der Waals surface area (Å²) in [6.45, 7) is 8.51. The van der Waals surface area contributed by atoms with Crippen LogP contribution in [0.1, 0.15) is 20.8 Å². The third-order valence-corrected chi connectivity index (χ3v) is 2.98. The van der Waals surface area contributed by atoms with Gasteiger partial charge in [-0.05, 0) is 26.3 Å². The molecule has 1 saturated heterocycles. The summed E-state index contributed by atoms with van der Waals surface area (Å²) in [6.07, 6.45) is 0. The van der Waals surface area contributed by atoms with Crippen molar-refractivity contribution in [3.05, 3.63) is 12.2 Å². The summed E-state index contributed by atoms with van der Waals surface area (Å²) in [5.74, 6) is -3.98. The van der Waals surface area contributed by atoms with E-state index in [0.717, 1.165) is 0 Å². The minimum atomic E-state index is -2.17. The molecule has 0 N–H and O–H groups in total. The standard InChI is InChI=1S/C14H20O7/c1-5-18-11(15)10-9(4)8-21-14(10,12(16)19-6-2)13(17)20-7-3/h10H,4-8H2,1-3H3. The van der Waals surface area contributed by atoms with E-state index < -0.39 is 29.4 Å². The molecule has 0 aromatic rings. The third-order valence-electron chi connectivity index (χ3n) is 2.98. The maximum absolute atomic E-state index is 12.3. The third kappa shape index (κ3) is 3.07. The van der Waals surface area contributed by atoms with Gasteiger partial charge in [-0.2, -0.15) is 0 Å². The zero-order chi connectivity index (χ0) is 16.0. The highest BCUT2D eigenvalue weighted by Gasteiger charge is 2.64. The molecule has 7 nitrogen and oxygen atoms in total. The van der Waals surface area contributed by atoms with Gasteiger partial charge < -0.3 is 18.9 Å². The first-order valence-corrected chi connectivity index (χ1v) is 6.78. The largest absolute Gasteiger partial charge is 0.465 e. The Morgan fingerprint density at radius 1 is 1.10 bits per heavy atom. The van der Waals surface area contributed by atoms with E-state index in [4.69, 9.17) is 18.9 Å². The second-order valence-corrected chi connectivity index (χ2v) is 4.31. The Morgan fingerprint density at radius 3 is 2.00 bits per heavy atom. The number of hydrogen-bond donors (Lipinski definition) is 0. The quantitative estimate of drug-likeness (QED) is 0.307. The van der Waals surface area contributed by atoms with Gasteiger partial charge in [0, 0.05) is 0 Å². The molecule has 0 aromatic heterocycles. The van der Waals surface area contributed by atoms with Crippen molar-refractivity contribution in [2.24, 2.45) is 5.92 Å². The van der Waals surface area contributed by atoms with Gasteiger partial charge in [0.25, 0.3) is 5.60 Å². The van der Waals surface area contributed by atoms with Gasteiger partial charge in [0.05, 0.1) is 26.4 Å². The van der Waals surface area contributed by atoms with Crippen LogP contribution in [0.25, 0.3) is 0 Å². The molecule has 1 heterocycles. The predicted molar refractivity (Wildman–Crippen MR) is 71.2 cm³/mol. The average Bonchev–Trinajstić information content (AvgIpc) is 2.78. The number of esters is 3. The minimum absolute atomic E-state index is 0.0331. The molecule has 7 heteroatoms. The molecule has 0 radical (unpaired) electrons. The highest BCUT2D eigenvalue weighted by atomic mass is 16.6. The van der Waals surface area contributed by atoms with Crippen LogP contribution in [0.15, 0.2) is 12.2 Å². The fourth-order valence-electron chi connectivity index (χ4n) is 2.13. The summed E-state index contributed by atoms with van der Waals surface area (Å²) < 4.78 is 20.0. The van der Waals surface area contributed by atoms with Gasteiger partial charge in [0.2, 0.25) is 0 Å². The molecule has 1 aliphatic heterocycles. The zero-order valence-corrected chi connectivity index (χ0v) is 12.5. The van der Waals surface area contributed by atoms with Crippen LogP contribution in [-0.4, -0.2) is 49.9 Å². The van der Waals surface area contributed by atoms with Crippen LogP contribution in [0.5, 0.6) is 0 Å². The van der Waals surface area contributed by atoms with Crippen molar-refractivity contribution < 1.29 is 33.3 Å². The van der Waals surface area contributed by atoms with Crippen LogP contribution in [0.3, 0.4) is 0 Å². The summed E-state index contributed by atoms with van der Waals surface area (Å²) in [6, 6.07) is 0. The molecule has 1 rings (SSSR count). The molecular formula is C14H20O7. The first kappa shape index (κ1) is 17.2. The predicted octanol–water partition coefficient (Wildman–Crippen LogP) is 0.617. The molecule has 0 spiro atoms. The van der Waals surface area contributed by atoms with Gasteiger partial charge in [-0.25, -0.2) is 9.59 Å². The van der Waals surface area contributed by atoms with Gasteiger partial charge in [0.1, 0.15) is 5.92 Å². The van der Waals surface area contributed by atoms with E-state index >= 15 is 0 Å². The summed E-state index contributed by atoms with van der Waals surface area (Å²) >= 11 is 0. The van der Waals surface area contributed by atoms with Crippen LogP contribution in [0.4, 0.5) is 0 Å². The normalized spacial score (nSPS) is 20.0. The van der Waals surface area contributed by atoms with Crippen LogP contribution >= 0.6 is 0 Å². The summed E-state index contributed by atoms with van der Waals surface area (Å²) in [5, 5.41) is 0. The molecule has 1 fully saturated rings. The van der Waals surface area contributed by atoms with Gasteiger partial charge in [-0.1, -0.05) is 6.58 Å². The first-order valence-electron chi connectivity index (χ1n) is 6.78. The van der Waals surface area contributed by atoms with Crippen LogP contribution in [0, 0.1) is 5.92 Å². The molecule has 1 aliphatic rings. The van der Waals surface area contributed by atoms with Crippen molar-refractivity contribution in [1.29, 1.82) is 0 Å². The Kier molecular flexibility index (Phi) is 5.90. The molecule has 0 saturated carbocycles. The maximum atomic E-state index is 12.3. The Bertz CT molecular complexity index is 423. The first-order chi connectivity index (χ1) is 9.95. The van der Waals surface area contributed by atoms with Gasteiger partial charge >= 0.3 is 17.9 Å². The number of hydrogen-bond acceptors (Lipinski definition) is 7. The molecular weight excluding hydrogens is 280 g/mol. The Hall–Kier alpha value is -1.89. The van der Waals surface area contributed by atoms with Crippen molar-refractivity contribution in [2.45, 2.75) is 26.4 Å². The van der Waals surface area contributed by atoms with Crippen molar-refractivity contribution in [3.8, 4) is 0 Å². The van der Waals surface area contributed by atoms with Crippen molar-refractivity contribution in [2.75, 3.05) is 26.4 Å². The van der Waals surface area contributed by atoms with E-state index in [-0.39, 0.29) is 32.0 Å². The van der Waals surface area contributed by atoms with E-state index in [1.807, 2.05) is 0 Å². The number of carbonyl (C=O) groups is 3. The smallest absolute Gasteiger partial charge is 0.351 e. The second-order valence-electron chi connectivity index (χ2n) is 4.31. The Morgan fingerprint density at radius 2 is 1.57 bits per heavy atom. The fraction of sp³-hybridized carbons (Fsp3) is 0.643. The lowest BCUT2D eigenvalue weighted by molar-refractivity contribution is -0.193. The van der Waals surface area contributed by atoms with Crippen molar-refractivity contribution >= 4 is 17.9 Å². The van der Waals surface area contributed by atoms with Gasteiger partial charge in [-0.3, -0.25) is 4.79 Å². The maximum Gasteiger partial charge on any atom is 0.351 e. The highest BCUT2D eigenvalue weighted by Crippen LogP contribution is 2.38. The fourth-order valence-corrected chi connectivity index (χ4v) is 2.13. The summed E-state index contributed by atoms with van der Waals surface area (Å²) in [4.78, 5) is 36.6. The zero-order valence-electron chi connectivity index (χ0n) is 12.5. The van der Waals surface area contributed by atoms with Crippen LogP contribution < -0.4 is 0 Å². The lowest BCUT2D eigenvalue weighted by atomic mass is 9.84. The van der Waals surface area contributed by atoms with Gasteiger partial charge in [-0.15, -0.1) is 0 Å². The number of rotatable bonds is 6. The summed E-state index contributed by atoms with van der Waals surface area (Å²) in [5.41, 5.74) is -1.90. The Balaban J connectivity index is 3.26. The molecule has 0 bridgehead atoms. The molecule has 1 unspecified atom stereocenters. The Labute approximate surface area is 123 Å². The van der Waals surface area contributed by atoms with Crippen molar-refractivity contribution in [1.82, 2.24) is 0 Å². The van der Waals surface area contributed by atoms with Gasteiger partial charge in [0.15, 0.2) is 0 Å². The number of carbonyl (C=O) groups excluding carboxylic acids is 3. The van der Waals surface area contributed by atoms with E-state index in [2.05, 4.69) is 6.58 Å². The molecule has 1 atom stereocenters. The van der Waals surface area contributed by atoms with Crippen LogP contribution in [-0.2, 0) is 33.3 Å². The second kappa shape index (κ2) is 7.21. The van der Waals surface area contributed by atoms with Crippen LogP contribution in [0.2, 0.25) is 0 Å². The molecule has 0 amide bonds. The SMILES string of the molecule is C=C1COC(C(=O)OCC)(C(=O)OCC)C1C(=O)OCC. The van der Waals surface area contributed by atoms with E-state index in [1.54, 1.807) is 20.8 Å². The molecule has 0 aromatic carbocycles. The molecule has 0 aliphatic carbocycles. The average molecular weight is 300 g/mol. The highest BCUT2D eigenvalue weighted by molar-refractivity contribution is 6.09. The minimum Gasteiger partial charge on any atom is -0.465 e. The number of ether oxygens (including phenoxy) is 4. The monoisotopic (exact) mass is 300 g/mol. The lowest BCUT2D eigenvalue weighted by Crippen LogP contribution is -2.55. The molecule has 21 heavy (non-hydrogen) atoms. The molecule has 118 valence electrons. The summed E-state index contributed by atoms with van der Waals surface area (Å²) in [7, 11) is 0. The lowest BCUT2D eigenvalue weighted by Gasteiger charge is -2.28. The van der Waals surface area contributed by atoms with E-state index in [9.17, 15) is 14.4 Å². The topological polar surface area (TPSA) is 88.1 Å². The van der Waals surface area contributed by atoms with E-state index in [0.29, 0.717) is 0 Å². The van der Waals surface area contributed by atoms with E-state index in [1.165, 1.54) is 0 Å².